The largest absolute Gasteiger partial charge is 0.435 e. The first-order valence-corrected chi connectivity index (χ1v) is 10.1. The Morgan fingerprint density at radius 1 is 1.03 bits per heavy atom. The van der Waals surface area contributed by atoms with Gasteiger partial charge in [0.15, 0.2) is 11.4 Å². The standard InChI is InChI=1S/C22H14ClF4N5O2/c23-17-4-2-1-3-13(17)11-31-12-15(7-10-18(31)33)28-21(34)19-20(22(25,26)27)32(30-29-19)16-8-5-14(24)6-9-16/h1-10,12H,11H2,(H,28,34). The summed E-state index contributed by atoms with van der Waals surface area (Å²) in [5.41, 5.74) is -2.26. The zero-order valence-electron chi connectivity index (χ0n) is 17.1. The molecule has 0 fully saturated rings. The monoisotopic (exact) mass is 491 g/mol. The predicted molar refractivity (Wildman–Crippen MR) is 116 cm³/mol. The van der Waals surface area contributed by atoms with E-state index in [2.05, 4.69) is 15.6 Å². The van der Waals surface area contributed by atoms with E-state index < -0.39 is 34.8 Å². The van der Waals surface area contributed by atoms with Gasteiger partial charge in [-0.3, -0.25) is 9.59 Å². The fourth-order valence-electron chi connectivity index (χ4n) is 3.18. The van der Waals surface area contributed by atoms with E-state index in [0.717, 1.165) is 30.3 Å². The molecule has 34 heavy (non-hydrogen) atoms. The van der Waals surface area contributed by atoms with Crippen molar-refractivity contribution < 1.29 is 22.4 Å². The van der Waals surface area contributed by atoms with Gasteiger partial charge >= 0.3 is 6.18 Å². The Hall–Kier alpha value is -3.99. The van der Waals surface area contributed by atoms with Crippen LogP contribution in [0.2, 0.25) is 5.02 Å². The molecule has 0 unspecified atom stereocenters. The van der Waals surface area contributed by atoms with Crippen LogP contribution in [0.4, 0.5) is 23.2 Å². The predicted octanol–water partition coefficient (Wildman–Crippen LogP) is 4.54. The molecule has 4 rings (SSSR count). The molecular formula is C22H14ClF4N5O2. The molecule has 0 aliphatic heterocycles. The highest BCUT2D eigenvalue weighted by Gasteiger charge is 2.42. The Balaban J connectivity index is 1.65. The van der Waals surface area contributed by atoms with E-state index in [4.69, 9.17) is 11.6 Å². The quantitative estimate of drug-likeness (QED) is 0.416. The van der Waals surface area contributed by atoms with Crippen LogP contribution in [0.5, 0.6) is 0 Å². The van der Waals surface area contributed by atoms with Gasteiger partial charge in [-0.1, -0.05) is 35.0 Å². The number of alkyl halides is 3. The van der Waals surface area contributed by atoms with Gasteiger partial charge < -0.3 is 9.88 Å². The summed E-state index contributed by atoms with van der Waals surface area (Å²) in [6.45, 7) is 0.0801. The maximum absolute atomic E-state index is 13.8. The Labute approximate surface area is 194 Å². The number of hydrogen-bond donors (Lipinski definition) is 1. The van der Waals surface area contributed by atoms with E-state index >= 15 is 0 Å². The summed E-state index contributed by atoms with van der Waals surface area (Å²) in [7, 11) is 0. The second-order valence-electron chi connectivity index (χ2n) is 7.10. The Morgan fingerprint density at radius 3 is 2.41 bits per heavy atom. The zero-order chi connectivity index (χ0) is 24.5. The number of anilines is 1. The molecule has 2 heterocycles. The number of hydrogen-bond acceptors (Lipinski definition) is 4. The minimum absolute atomic E-state index is 0.0566. The van der Waals surface area contributed by atoms with Gasteiger partial charge in [-0.25, -0.2) is 9.07 Å². The molecule has 1 N–H and O–H groups in total. The molecule has 174 valence electrons. The van der Waals surface area contributed by atoms with E-state index in [0.29, 0.717) is 15.3 Å². The maximum Gasteiger partial charge on any atom is 0.435 e. The van der Waals surface area contributed by atoms with Gasteiger partial charge in [-0.2, -0.15) is 13.2 Å². The first-order valence-electron chi connectivity index (χ1n) is 9.67. The number of aromatic nitrogens is 4. The molecule has 12 heteroatoms. The molecule has 2 aromatic heterocycles. The van der Waals surface area contributed by atoms with Crippen molar-refractivity contribution in [1.29, 1.82) is 0 Å². The minimum Gasteiger partial charge on any atom is -0.319 e. The van der Waals surface area contributed by atoms with Crippen molar-refractivity contribution in [2.75, 3.05) is 5.32 Å². The summed E-state index contributed by atoms with van der Waals surface area (Å²) in [6, 6.07) is 13.3. The highest BCUT2D eigenvalue weighted by molar-refractivity contribution is 6.31. The number of benzene rings is 2. The maximum atomic E-state index is 13.8. The van der Waals surface area contributed by atoms with Crippen LogP contribution in [0.15, 0.2) is 71.7 Å². The molecular weight excluding hydrogens is 478 g/mol. The summed E-state index contributed by atoms with van der Waals surface area (Å²) >= 11 is 6.12. The van der Waals surface area contributed by atoms with Crippen LogP contribution >= 0.6 is 11.6 Å². The van der Waals surface area contributed by atoms with E-state index in [-0.39, 0.29) is 17.9 Å². The number of carbonyl (C=O) groups is 1. The van der Waals surface area contributed by atoms with Gasteiger partial charge in [-0.15, -0.1) is 5.10 Å². The lowest BCUT2D eigenvalue weighted by molar-refractivity contribution is -0.143. The van der Waals surface area contributed by atoms with Crippen LogP contribution in [-0.2, 0) is 12.7 Å². The summed E-state index contributed by atoms with van der Waals surface area (Å²) in [6.07, 6.45) is -3.71. The van der Waals surface area contributed by atoms with Crippen molar-refractivity contribution in [3.05, 3.63) is 105 Å². The molecule has 0 saturated heterocycles. The highest BCUT2D eigenvalue weighted by Crippen LogP contribution is 2.33. The third-order valence-corrected chi connectivity index (χ3v) is 5.13. The summed E-state index contributed by atoms with van der Waals surface area (Å²) in [5.74, 6) is -1.84. The summed E-state index contributed by atoms with van der Waals surface area (Å²) < 4.78 is 56.2. The summed E-state index contributed by atoms with van der Waals surface area (Å²) in [4.78, 5) is 24.9. The lowest BCUT2D eigenvalue weighted by Gasteiger charge is -2.12. The zero-order valence-corrected chi connectivity index (χ0v) is 17.8. The van der Waals surface area contributed by atoms with Crippen molar-refractivity contribution in [2.45, 2.75) is 12.7 Å². The van der Waals surface area contributed by atoms with Crippen LogP contribution in [-0.4, -0.2) is 25.5 Å². The van der Waals surface area contributed by atoms with Gasteiger partial charge in [0.05, 0.1) is 17.9 Å². The van der Waals surface area contributed by atoms with Crippen molar-refractivity contribution >= 4 is 23.2 Å². The Kier molecular flexibility index (Phi) is 6.20. The molecule has 2 aromatic carbocycles. The number of carbonyl (C=O) groups excluding carboxylic acids is 1. The number of nitrogens with zero attached hydrogens (tertiary/aromatic N) is 4. The van der Waals surface area contributed by atoms with Gasteiger partial charge in [0.2, 0.25) is 0 Å². The Morgan fingerprint density at radius 2 is 1.74 bits per heavy atom. The SMILES string of the molecule is O=C(Nc1ccc(=O)n(Cc2ccccc2Cl)c1)c1nnn(-c2ccc(F)cc2)c1C(F)(F)F. The minimum atomic E-state index is -4.99. The number of rotatable bonds is 5. The smallest absolute Gasteiger partial charge is 0.319 e. The molecule has 7 nitrogen and oxygen atoms in total. The number of halogens is 5. The molecule has 0 aliphatic rings. The lowest BCUT2D eigenvalue weighted by atomic mass is 10.2. The molecule has 0 atom stereocenters. The van der Waals surface area contributed by atoms with Crippen molar-refractivity contribution in [1.82, 2.24) is 19.6 Å². The van der Waals surface area contributed by atoms with Gasteiger partial charge in [-0.05, 0) is 42.0 Å². The first kappa shape index (κ1) is 23.2. The van der Waals surface area contributed by atoms with E-state index in [9.17, 15) is 27.2 Å². The average molecular weight is 492 g/mol. The third-order valence-electron chi connectivity index (χ3n) is 4.76. The summed E-state index contributed by atoms with van der Waals surface area (Å²) in [5, 5.41) is 9.57. The van der Waals surface area contributed by atoms with Gasteiger partial charge in [0, 0.05) is 17.3 Å². The fraction of sp³-hybridized carbons (Fsp3) is 0.0909. The van der Waals surface area contributed by atoms with Gasteiger partial charge in [0.1, 0.15) is 5.82 Å². The lowest BCUT2D eigenvalue weighted by Crippen LogP contribution is -2.23. The van der Waals surface area contributed by atoms with Gasteiger partial charge in [0.25, 0.3) is 11.5 Å². The average Bonchev–Trinajstić information content (AvgIpc) is 3.24. The van der Waals surface area contributed by atoms with Crippen LogP contribution in [0.25, 0.3) is 5.69 Å². The fourth-order valence-corrected chi connectivity index (χ4v) is 3.38. The highest BCUT2D eigenvalue weighted by atomic mass is 35.5. The molecule has 0 spiro atoms. The van der Waals surface area contributed by atoms with E-state index in [1.165, 1.54) is 16.8 Å². The number of pyridine rings is 1. The van der Waals surface area contributed by atoms with Crippen LogP contribution in [0.3, 0.4) is 0 Å². The second kappa shape index (κ2) is 9.10. The van der Waals surface area contributed by atoms with Crippen LogP contribution < -0.4 is 10.9 Å². The third kappa shape index (κ3) is 4.84. The van der Waals surface area contributed by atoms with Crippen molar-refractivity contribution in [2.24, 2.45) is 0 Å². The molecule has 0 saturated carbocycles. The van der Waals surface area contributed by atoms with Crippen molar-refractivity contribution in [3.8, 4) is 5.69 Å². The van der Waals surface area contributed by atoms with Crippen molar-refractivity contribution in [3.63, 3.8) is 0 Å². The molecule has 0 aliphatic carbocycles. The van der Waals surface area contributed by atoms with E-state index in [1.807, 2.05) is 0 Å². The van der Waals surface area contributed by atoms with E-state index in [1.54, 1.807) is 24.3 Å². The van der Waals surface area contributed by atoms with Crippen LogP contribution in [0, 0.1) is 5.82 Å². The molecule has 0 radical (unpaired) electrons. The number of nitrogens with one attached hydrogen (secondary N) is 1. The molecule has 0 bridgehead atoms. The molecule has 1 amide bonds. The number of amides is 1. The van der Waals surface area contributed by atoms with Crippen LogP contribution in [0.1, 0.15) is 21.7 Å². The first-order chi connectivity index (χ1) is 16.1. The normalized spacial score (nSPS) is 11.4. The Bertz CT molecular complexity index is 1410. The molecule has 4 aromatic rings. The topological polar surface area (TPSA) is 81.8 Å². The second-order valence-corrected chi connectivity index (χ2v) is 7.51.